The molecule has 196 valence electrons. The van der Waals surface area contributed by atoms with E-state index in [4.69, 9.17) is 4.98 Å². The number of anilines is 3. The van der Waals surface area contributed by atoms with Crippen LogP contribution in [0.1, 0.15) is 58.6 Å². The van der Waals surface area contributed by atoms with Crippen LogP contribution in [0, 0.1) is 0 Å². The Kier molecular flexibility index (Phi) is 7.63. The Balaban J connectivity index is 1.65. The van der Waals surface area contributed by atoms with E-state index in [-0.39, 0.29) is 17.2 Å². The van der Waals surface area contributed by atoms with Gasteiger partial charge in [0.05, 0.1) is 23.3 Å². The number of carbonyl (C=O) groups excluding carboxylic acids is 1. The van der Waals surface area contributed by atoms with Gasteiger partial charge in [-0.2, -0.15) is 9.19 Å². The lowest BCUT2D eigenvalue weighted by Gasteiger charge is -2.18. The number of hydrogen-bond donors (Lipinski definition) is 3. The molecule has 0 spiro atoms. The molecule has 0 aromatic carbocycles. The molecule has 1 amide bonds. The van der Waals surface area contributed by atoms with Gasteiger partial charge in [-0.1, -0.05) is 19.1 Å². The molecule has 3 N–H and O–H groups in total. The van der Waals surface area contributed by atoms with Crippen LogP contribution < -0.4 is 16.0 Å². The van der Waals surface area contributed by atoms with Gasteiger partial charge in [-0.3, -0.25) is 4.79 Å². The molecule has 10 nitrogen and oxygen atoms in total. The third kappa shape index (κ3) is 5.99. The first-order valence-electron chi connectivity index (χ1n) is 12.4. The van der Waals surface area contributed by atoms with Crippen molar-refractivity contribution in [3.05, 3.63) is 54.0 Å². The average Bonchev–Trinajstić information content (AvgIpc) is 3.60. The minimum absolute atomic E-state index is 0.154. The molecular formula is C26H33N7O3S. The van der Waals surface area contributed by atoms with Crippen molar-refractivity contribution < 1.29 is 13.2 Å². The zero-order valence-corrected chi connectivity index (χ0v) is 22.6. The molecule has 0 atom stereocenters. The lowest BCUT2D eigenvalue weighted by Crippen LogP contribution is -2.20. The van der Waals surface area contributed by atoms with Crippen molar-refractivity contribution in [1.82, 2.24) is 24.5 Å². The molecule has 0 bridgehead atoms. The number of aromatic nitrogens is 4. The molecule has 0 radical (unpaired) electrons. The van der Waals surface area contributed by atoms with Crippen LogP contribution in [0.2, 0.25) is 0 Å². The standard InChI is InChI=1S/C26H33N7O3S/c1-6-18-8-11-24(32-26(18)19-13-28-33(15-19)37(35,36)20-9-10-20)31-25-12-23(29-16(3)4)21(14-27-25)22(7-2)30-17(5)34/h7-8,11-16,20H,6,9-10H2,1-5H3,(H,30,34)(H2,27,29,31,32)/b22-7+. The molecule has 0 unspecified atom stereocenters. The summed E-state index contributed by atoms with van der Waals surface area (Å²) in [5.74, 6) is 0.973. The maximum atomic E-state index is 12.6. The molecule has 1 aliphatic rings. The maximum absolute atomic E-state index is 12.6. The number of rotatable bonds is 10. The molecule has 3 aromatic heterocycles. The third-order valence-electron chi connectivity index (χ3n) is 5.89. The molecule has 4 rings (SSSR count). The van der Waals surface area contributed by atoms with Crippen molar-refractivity contribution in [1.29, 1.82) is 0 Å². The van der Waals surface area contributed by atoms with E-state index in [1.807, 2.05) is 52.0 Å². The highest BCUT2D eigenvalue weighted by Crippen LogP contribution is 2.32. The summed E-state index contributed by atoms with van der Waals surface area (Å²) in [5, 5.41) is 13.3. The van der Waals surface area contributed by atoms with E-state index in [0.717, 1.165) is 27.3 Å². The van der Waals surface area contributed by atoms with Gasteiger partial charge >= 0.3 is 0 Å². The maximum Gasteiger partial charge on any atom is 0.256 e. The molecule has 11 heteroatoms. The Morgan fingerprint density at radius 1 is 1.22 bits per heavy atom. The second-order valence-electron chi connectivity index (χ2n) is 9.33. The number of nitrogens with zero attached hydrogens (tertiary/aromatic N) is 4. The van der Waals surface area contributed by atoms with E-state index in [0.29, 0.717) is 41.4 Å². The fourth-order valence-electron chi connectivity index (χ4n) is 3.96. The smallest absolute Gasteiger partial charge is 0.256 e. The third-order valence-corrected chi connectivity index (χ3v) is 7.93. The first kappa shape index (κ1) is 26.3. The van der Waals surface area contributed by atoms with Gasteiger partial charge in [0.15, 0.2) is 0 Å². The topological polar surface area (TPSA) is 131 Å². The SMILES string of the molecule is C/C=C(/NC(C)=O)c1cnc(Nc2ccc(CC)c(-c3cnn(S(=O)(=O)C4CC4)c3)n2)cc1NC(C)C. The molecule has 3 heterocycles. The Morgan fingerprint density at radius 2 is 1.97 bits per heavy atom. The summed E-state index contributed by atoms with van der Waals surface area (Å²) in [5.41, 5.74) is 4.54. The van der Waals surface area contributed by atoms with Crippen molar-refractivity contribution in [3.8, 4) is 11.3 Å². The predicted molar refractivity (Wildman–Crippen MR) is 146 cm³/mol. The van der Waals surface area contributed by atoms with Crippen molar-refractivity contribution in [2.75, 3.05) is 10.6 Å². The molecule has 1 aliphatic carbocycles. The first-order chi connectivity index (χ1) is 17.6. The minimum Gasteiger partial charge on any atom is -0.382 e. The number of hydrogen-bond acceptors (Lipinski definition) is 8. The predicted octanol–water partition coefficient (Wildman–Crippen LogP) is 4.30. The fourth-order valence-corrected chi connectivity index (χ4v) is 5.44. The highest BCUT2D eigenvalue weighted by Gasteiger charge is 2.37. The van der Waals surface area contributed by atoms with E-state index in [1.54, 1.807) is 12.4 Å². The van der Waals surface area contributed by atoms with Crippen LogP contribution in [-0.2, 0) is 21.2 Å². The summed E-state index contributed by atoms with van der Waals surface area (Å²) in [4.78, 5) is 21.0. The van der Waals surface area contributed by atoms with E-state index >= 15 is 0 Å². The zero-order valence-electron chi connectivity index (χ0n) is 21.7. The number of allylic oxidation sites excluding steroid dienone is 1. The fraction of sp³-hybridized carbons (Fsp3) is 0.385. The summed E-state index contributed by atoms with van der Waals surface area (Å²) < 4.78 is 26.3. The molecule has 37 heavy (non-hydrogen) atoms. The van der Waals surface area contributed by atoms with Crippen molar-refractivity contribution in [2.24, 2.45) is 0 Å². The van der Waals surface area contributed by atoms with Gasteiger partial charge in [0.25, 0.3) is 10.0 Å². The van der Waals surface area contributed by atoms with Gasteiger partial charge in [-0.15, -0.1) is 0 Å². The minimum atomic E-state index is -3.45. The van der Waals surface area contributed by atoms with Crippen LogP contribution in [0.4, 0.5) is 17.3 Å². The molecule has 0 saturated heterocycles. The molecule has 0 aliphatic heterocycles. The van der Waals surface area contributed by atoms with E-state index in [9.17, 15) is 13.2 Å². The summed E-state index contributed by atoms with van der Waals surface area (Å²) in [6.07, 6.45) is 8.70. The average molecular weight is 524 g/mol. The van der Waals surface area contributed by atoms with Crippen molar-refractivity contribution in [3.63, 3.8) is 0 Å². The highest BCUT2D eigenvalue weighted by molar-refractivity contribution is 7.90. The van der Waals surface area contributed by atoms with E-state index in [2.05, 4.69) is 26.0 Å². The second-order valence-corrected chi connectivity index (χ2v) is 11.4. The van der Waals surface area contributed by atoms with Gasteiger partial charge in [-0.05, 0) is 51.7 Å². The van der Waals surface area contributed by atoms with Gasteiger partial charge in [0, 0.05) is 47.7 Å². The summed E-state index contributed by atoms with van der Waals surface area (Å²) in [6.45, 7) is 9.42. The van der Waals surface area contributed by atoms with Crippen LogP contribution in [0.3, 0.4) is 0 Å². The molecule has 1 fully saturated rings. The Bertz CT molecular complexity index is 1440. The van der Waals surface area contributed by atoms with E-state index in [1.165, 1.54) is 13.1 Å². The lowest BCUT2D eigenvalue weighted by molar-refractivity contribution is -0.117. The number of nitrogens with one attached hydrogen (secondary N) is 3. The molecule has 1 saturated carbocycles. The number of carbonyl (C=O) groups is 1. The Morgan fingerprint density at radius 3 is 2.59 bits per heavy atom. The number of aryl methyl sites for hydroxylation is 1. The lowest BCUT2D eigenvalue weighted by atomic mass is 10.1. The molecular weight excluding hydrogens is 490 g/mol. The van der Waals surface area contributed by atoms with Gasteiger partial charge in [-0.25, -0.2) is 18.4 Å². The van der Waals surface area contributed by atoms with Gasteiger partial charge in [0.2, 0.25) is 5.91 Å². The van der Waals surface area contributed by atoms with E-state index < -0.39 is 10.0 Å². The summed E-state index contributed by atoms with van der Waals surface area (Å²) in [6, 6.07) is 5.86. The van der Waals surface area contributed by atoms with Crippen LogP contribution in [-0.4, -0.2) is 44.8 Å². The molecule has 3 aromatic rings. The Hall–Kier alpha value is -3.73. The van der Waals surface area contributed by atoms with Crippen molar-refractivity contribution >= 4 is 39.0 Å². The second kappa shape index (κ2) is 10.7. The summed E-state index contributed by atoms with van der Waals surface area (Å²) in [7, 11) is -3.45. The highest BCUT2D eigenvalue weighted by atomic mass is 32.2. The number of amides is 1. The van der Waals surface area contributed by atoms with Crippen LogP contribution >= 0.6 is 0 Å². The van der Waals surface area contributed by atoms with Gasteiger partial charge < -0.3 is 16.0 Å². The number of pyridine rings is 2. The normalized spacial score (nSPS) is 14.1. The van der Waals surface area contributed by atoms with Crippen LogP contribution in [0.15, 0.2) is 42.9 Å². The first-order valence-corrected chi connectivity index (χ1v) is 13.9. The monoisotopic (exact) mass is 523 g/mol. The zero-order chi connectivity index (χ0) is 26.7. The summed E-state index contributed by atoms with van der Waals surface area (Å²) >= 11 is 0. The Labute approximate surface area is 217 Å². The van der Waals surface area contributed by atoms with Gasteiger partial charge in [0.1, 0.15) is 11.6 Å². The van der Waals surface area contributed by atoms with Crippen molar-refractivity contribution in [2.45, 2.75) is 65.2 Å². The van der Waals surface area contributed by atoms with Crippen LogP contribution in [0.25, 0.3) is 17.0 Å². The quantitative estimate of drug-likeness (QED) is 0.358. The van der Waals surface area contributed by atoms with Crippen LogP contribution in [0.5, 0.6) is 0 Å². The largest absolute Gasteiger partial charge is 0.382 e.